The summed E-state index contributed by atoms with van der Waals surface area (Å²) in [6.45, 7) is 24.4. The molecule has 3 N–H and O–H groups in total. The van der Waals surface area contributed by atoms with Crippen LogP contribution in [0.25, 0.3) is 6.08 Å². The van der Waals surface area contributed by atoms with Crippen LogP contribution in [0.3, 0.4) is 0 Å². The van der Waals surface area contributed by atoms with Crippen LogP contribution in [0.1, 0.15) is 136 Å². The highest BCUT2D eigenvalue weighted by Crippen LogP contribution is 2.42. The van der Waals surface area contributed by atoms with Gasteiger partial charge in [-0.05, 0) is 106 Å². The van der Waals surface area contributed by atoms with Gasteiger partial charge >= 0.3 is 29.8 Å². The van der Waals surface area contributed by atoms with Crippen LogP contribution in [-0.2, 0) is 47.7 Å². The zero-order valence-corrected chi connectivity index (χ0v) is 42.2. The monoisotopic (exact) mass is 963 g/mol. The van der Waals surface area contributed by atoms with Gasteiger partial charge in [0.1, 0.15) is 37.1 Å². The van der Waals surface area contributed by atoms with Crippen molar-refractivity contribution >= 4 is 35.9 Å². The number of carbonyl (C=O) groups excluding carboxylic acids is 5. The Morgan fingerprint density at radius 1 is 0.609 bits per heavy atom. The molecule has 0 amide bonds. The van der Waals surface area contributed by atoms with Crippen molar-refractivity contribution < 1.29 is 67.9 Å². The molecule has 2 fully saturated rings. The third-order valence-electron chi connectivity index (χ3n) is 11.5. The van der Waals surface area contributed by atoms with E-state index < -0.39 is 88.6 Å². The Hall–Kier alpha value is -5.49. The standard InChI is InChI=1S/C30H39NO8.C15H27NO6.C8H8/c1-20(32)26(33)37-21(2)27(34)38-24-17-29(3,4)31(30(5,6)18-24)39-25(22-13-9-7-10-14-22)19-36-28(35)23-15-11-8-12-16-23;1-9(17)12(18)21-10(2)13(19)22-11-7-14(3,4)16(20)15(5,6)8-11;1-2-8-6-4-3-5-7-8/h7-16,20-21,24-25,32H,17-19H2,1-6H3;9-11,17,20H,7-8H2,1-6H3;2-7H,1H2. The summed E-state index contributed by atoms with van der Waals surface area (Å²) in [6, 6.07) is 28.4. The number of piperidine rings is 2. The molecule has 16 heteroatoms. The minimum absolute atomic E-state index is 0.00494. The zero-order chi connectivity index (χ0) is 51.9. The lowest BCUT2D eigenvalue weighted by atomic mass is 9.80. The summed E-state index contributed by atoms with van der Waals surface area (Å²) >= 11 is 0. The van der Waals surface area contributed by atoms with E-state index in [-0.39, 0.29) is 12.7 Å². The molecule has 5 atom stereocenters. The molecule has 0 bridgehead atoms. The molecule has 0 spiro atoms. The van der Waals surface area contributed by atoms with Crippen LogP contribution in [0.5, 0.6) is 0 Å². The highest BCUT2D eigenvalue weighted by Gasteiger charge is 2.50. The van der Waals surface area contributed by atoms with E-state index in [0.717, 1.165) is 5.56 Å². The van der Waals surface area contributed by atoms with Crippen molar-refractivity contribution in [3.63, 3.8) is 0 Å². The second-order valence-corrected chi connectivity index (χ2v) is 19.9. The van der Waals surface area contributed by atoms with Gasteiger partial charge in [-0.25, -0.2) is 24.0 Å². The summed E-state index contributed by atoms with van der Waals surface area (Å²) in [5.41, 5.74) is 0.254. The molecule has 2 saturated heterocycles. The largest absolute Gasteiger partial charge is 0.459 e. The Kier molecular flexibility index (Phi) is 21.3. The van der Waals surface area contributed by atoms with Crippen molar-refractivity contribution in [3.8, 4) is 0 Å². The number of nitrogens with zero attached hydrogens (tertiary/aromatic N) is 2. The zero-order valence-electron chi connectivity index (χ0n) is 42.2. The quantitative estimate of drug-likeness (QED) is 0.0975. The molecule has 16 nitrogen and oxygen atoms in total. The van der Waals surface area contributed by atoms with E-state index in [0.29, 0.717) is 31.2 Å². The van der Waals surface area contributed by atoms with Gasteiger partial charge in [-0.2, -0.15) is 10.1 Å². The third kappa shape index (κ3) is 17.8. The Labute approximate surface area is 407 Å². The van der Waals surface area contributed by atoms with Gasteiger partial charge in [0.15, 0.2) is 12.2 Å². The molecule has 380 valence electrons. The molecule has 0 aliphatic carbocycles. The number of hydrogen-bond donors (Lipinski definition) is 3. The maximum absolute atomic E-state index is 12.6. The Morgan fingerprint density at radius 2 is 0.986 bits per heavy atom. The predicted octanol–water partition coefficient (Wildman–Crippen LogP) is 7.98. The minimum Gasteiger partial charge on any atom is -0.459 e. The molecular weight excluding hydrogens is 889 g/mol. The first-order valence-corrected chi connectivity index (χ1v) is 23.2. The molecule has 69 heavy (non-hydrogen) atoms. The SMILES string of the molecule is C=Cc1ccccc1.CC(O)C(=O)OC(C)C(=O)OC1CC(C)(C)N(O)C(C)(C)C1.CC(O)C(=O)OC(C)C(=O)OC1CC(C)(C)N(OC(COC(=O)c2ccccc2)c2ccccc2)C(C)(C)C1. The van der Waals surface area contributed by atoms with Gasteiger partial charge in [0.05, 0.1) is 5.56 Å². The fraction of sp³-hybridized carbons (Fsp3) is 0.528. The van der Waals surface area contributed by atoms with Crippen LogP contribution < -0.4 is 0 Å². The second-order valence-electron chi connectivity index (χ2n) is 19.9. The first-order chi connectivity index (χ1) is 32.1. The van der Waals surface area contributed by atoms with E-state index in [9.17, 15) is 34.3 Å². The average Bonchev–Trinajstić information content (AvgIpc) is 3.28. The number of benzene rings is 3. The second kappa shape index (κ2) is 25.4. The third-order valence-corrected chi connectivity index (χ3v) is 11.5. The van der Waals surface area contributed by atoms with Crippen molar-refractivity contribution in [3.05, 3.63) is 114 Å². The van der Waals surface area contributed by atoms with Crippen LogP contribution in [-0.4, -0.2) is 121 Å². The summed E-state index contributed by atoms with van der Waals surface area (Å²) < 4.78 is 26.6. The highest BCUT2D eigenvalue weighted by molar-refractivity contribution is 5.89. The van der Waals surface area contributed by atoms with Gasteiger partial charge in [-0.1, -0.05) is 91.5 Å². The van der Waals surface area contributed by atoms with Gasteiger partial charge in [0, 0.05) is 47.8 Å². The van der Waals surface area contributed by atoms with Gasteiger partial charge in [0.2, 0.25) is 0 Å². The molecule has 5 unspecified atom stereocenters. The molecule has 3 aromatic rings. The van der Waals surface area contributed by atoms with Crippen molar-refractivity contribution in [2.75, 3.05) is 6.61 Å². The maximum Gasteiger partial charge on any atom is 0.347 e. The number of aliphatic hydroxyl groups excluding tert-OH is 2. The summed E-state index contributed by atoms with van der Waals surface area (Å²) in [6.07, 6.45) is -2.59. The molecule has 2 aliphatic heterocycles. The number of rotatable bonds is 15. The Balaban J connectivity index is 0.000000349. The summed E-state index contributed by atoms with van der Waals surface area (Å²) in [5, 5.41) is 31.8. The first-order valence-electron chi connectivity index (χ1n) is 23.2. The van der Waals surface area contributed by atoms with E-state index in [1.165, 1.54) is 38.3 Å². The molecule has 2 aliphatic rings. The van der Waals surface area contributed by atoms with Gasteiger partial charge < -0.3 is 39.1 Å². The number of carbonyl (C=O) groups is 5. The van der Waals surface area contributed by atoms with E-state index >= 15 is 0 Å². The topological polar surface area (TPSA) is 208 Å². The molecule has 0 radical (unpaired) electrons. The smallest absolute Gasteiger partial charge is 0.347 e. The fourth-order valence-electron chi connectivity index (χ4n) is 8.34. The molecule has 5 rings (SSSR count). The van der Waals surface area contributed by atoms with E-state index in [4.69, 9.17) is 33.6 Å². The average molecular weight is 963 g/mol. The summed E-state index contributed by atoms with van der Waals surface area (Å²) in [4.78, 5) is 66.8. The van der Waals surface area contributed by atoms with E-state index in [1.807, 2.05) is 133 Å². The van der Waals surface area contributed by atoms with Crippen LogP contribution in [0.4, 0.5) is 0 Å². The van der Waals surface area contributed by atoms with Crippen molar-refractivity contribution in [2.24, 2.45) is 0 Å². The number of ether oxygens (including phenoxy) is 5. The minimum atomic E-state index is -1.33. The molecule has 2 heterocycles. The number of aliphatic hydroxyl groups is 2. The summed E-state index contributed by atoms with van der Waals surface area (Å²) in [7, 11) is 0. The normalized spacial score (nSPS) is 19.7. The van der Waals surface area contributed by atoms with Crippen LogP contribution in [0.2, 0.25) is 0 Å². The lowest BCUT2D eigenvalue weighted by Crippen LogP contribution is -2.62. The molecule has 0 saturated carbocycles. The lowest BCUT2D eigenvalue weighted by Gasteiger charge is -2.54. The van der Waals surface area contributed by atoms with Gasteiger partial charge in [-0.15, -0.1) is 0 Å². The lowest BCUT2D eigenvalue weighted by molar-refractivity contribution is -0.320. The number of esters is 5. The number of hydrogen-bond acceptors (Lipinski definition) is 16. The van der Waals surface area contributed by atoms with Crippen molar-refractivity contribution in [2.45, 2.75) is 174 Å². The van der Waals surface area contributed by atoms with Crippen LogP contribution in [0.15, 0.2) is 97.6 Å². The molecular formula is C53H74N2O14. The van der Waals surface area contributed by atoms with Crippen LogP contribution >= 0.6 is 0 Å². The van der Waals surface area contributed by atoms with E-state index in [2.05, 4.69) is 6.58 Å². The molecule has 0 aromatic heterocycles. The predicted molar refractivity (Wildman–Crippen MR) is 258 cm³/mol. The highest BCUT2D eigenvalue weighted by atomic mass is 16.7. The fourth-order valence-corrected chi connectivity index (χ4v) is 8.34. The Morgan fingerprint density at radius 3 is 1.36 bits per heavy atom. The van der Waals surface area contributed by atoms with Crippen molar-refractivity contribution in [1.29, 1.82) is 0 Å². The van der Waals surface area contributed by atoms with Gasteiger partial charge in [0.25, 0.3) is 0 Å². The van der Waals surface area contributed by atoms with Crippen LogP contribution in [0, 0.1) is 0 Å². The Bertz CT molecular complexity index is 2090. The summed E-state index contributed by atoms with van der Waals surface area (Å²) in [5.74, 6) is -3.52. The van der Waals surface area contributed by atoms with E-state index in [1.54, 1.807) is 24.3 Å². The van der Waals surface area contributed by atoms with Gasteiger partial charge in [-0.3, -0.25) is 4.84 Å². The maximum atomic E-state index is 12.6. The number of hydroxylamine groups is 4. The molecule has 3 aromatic carbocycles. The first kappa shape index (κ1) is 57.8. The van der Waals surface area contributed by atoms with Crippen molar-refractivity contribution in [1.82, 2.24) is 10.1 Å².